The number of rotatable bonds is 5. The van der Waals surface area contributed by atoms with E-state index in [1.165, 1.54) is 42.7 Å². The maximum Gasteiger partial charge on any atom is 0.337 e. The van der Waals surface area contributed by atoms with E-state index in [2.05, 4.69) is 4.98 Å². The Labute approximate surface area is 156 Å². The van der Waals surface area contributed by atoms with Gasteiger partial charge in [0.15, 0.2) is 0 Å². The lowest BCUT2D eigenvalue weighted by molar-refractivity contribution is 0.0621. The monoisotopic (exact) mass is 381 g/mol. The molecule has 140 valence electrons. The molecule has 4 N–H and O–H groups in total. The average molecular weight is 381 g/mol. The number of carboxylic acid groups (broad SMARTS) is 4. The molecule has 0 bridgehead atoms. The van der Waals surface area contributed by atoms with Gasteiger partial charge in [0.25, 0.3) is 0 Å². The van der Waals surface area contributed by atoms with Crippen molar-refractivity contribution < 1.29 is 39.6 Å². The van der Waals surface area contributed by atoms with Crippen molar-refractivity contribution in [1.82, 2.24) is 4.98 Å². The second-order valence-electron chi connectivity index (χ2n) is 5.68. The molecule has 0 aliphatic carbocycles. The summed E-state index contributed by atoms with van der Waals surface area (Å²) in [6.45, 7) is 0. The first kappa shape index (κ1) is 18.5. The van der Waals surface area contributed by atoms with Gasteiger partial charge in [0.2, 0.25) is 0 Å². The molecule has 0 spiro atoms. The molecule has 0 aliphatic heterocycles. The zero-order valence-corrected chi connectivity index (χ0v) is 13.9. The molecule has 0 saturated heterocycles. The molecule has 0 amide bonds. The molecule has 9 heteroatoms. The van der Waals surface area contributed by atoms with E-state index in [9.17, 15) is 39.6 Å². The van der Waals surface area contributed by atoms with Crippen molar-refractivity contribution in [3.05, 3.63) is 65.0 Å². The first-order chi connectivity index (χ1) is 13.3. The zero-order chi connectivity index (χ0) is 20.6. The summed E-state index contributed by atoms with van der Waals surface area (Å²) >= 11 is 0. The summed E-state index contributed by atoms with van der Waals surface area (Å²) in [5, 5.41) is 37.9. The van der Waals surface area contributed by atoms with Gasteiger partial charge in [-0.25, -0.2) is 19.2 Å². The fraction of sp³-hybridized carbons (Fsp3) is 0. The number of carbonyl (C=O) groups is 4. The maximum absolute atomic E-state index is 12.0. The molecule has 0 radical (unpaired) electrons. The number of nitrogens with zero attached hydrogens (tertiary/aromatic N) is 1. The highest BCUT2D eigenvalue weighted by atomic mass is 16.4. The molecule has 0 saturated carbocycles. The second-order valence-corrected chi connectivity index (χ2v) is 5.68. The standard InChI is InChI=1S/C19H11NO8/c21-16(22)12-10-3-1-2-9(8-4-6-20-7-5-8)11(10)13(17(23)24)15(19(27)28)14(12)18(25)26/h1-7H,(H,21,22)(H,23,24)(H,25,26)(H,27,28). The fourth-order valence-corrected chi connectivity index (χ4v) is 3.18. The molecule has 0 unspecified atom stereocenters. The van der Waals surface area contributed by atoms with Crippen LogP contribution in [0.1, 0.15) is 41.4 Å². The predicted octanol–water partition coefficient (Wildman–Crippen LogP) is 2.69. The van der Waals surface area contributed by atoms with Gasteiger partial charge >= 0.3 is 23.9 Å². The van der Waals surface area contributed by atoms with Crippen molar-refractivity contribution in [2.75, 3.05) is 0 Å². The van der Waals surface area contributed by atoms with E-state index in [0.29, 0.717) is 5.56 Å². The topological polar surface area (TPSA) is 162 Å². The third-order valence-electron chi connectivity index (χ3n) is 4.18. The van der Waals surface area contributed by atoms with Gasteiger partial charge in [-0.05, 0) is 28.6 Å². The smallest absolute Gasteiger partial charge is 0.337 e. The lowest BCUT2D eigenvalue weighted by Gasteiger charge is -2.17. The third kappa shape index (κ3) is 2.80. The number of carboxylic acids is 4. The van der Waals surface area contributed by atoms with Gasteiger partial charge in [0.1, 0.15) is 0 Å². The first-order valence-corrected chi connectivity index (χ1v) is 7.72. The van der Waals surface area contributed by atoms with Crippen molar-refractivity contribution in [2.45, 2.75) is 0 Å². The van der Waals surface area contributed by atoms with Crippen LogP contribution in [0.2, 0.25) is 0 Å². The summed E-state index contributed by atoms with van der Waals surface area (Å²) < 4.78 is 0. The molecule has 0 fully saturated rings. The van der Waals surface area contributed by atoms with E-state index in [0.717, 1.165) is 0 Å². The number of aromatic nitrogens is 1. The molecule has 9 nitrogen and oxygen atoms in total. The van der Waals surface area contributed by atoms with Crippen molar-refractivity contribution >= 4 is 34.6 Å². The summed E-state index contributed by atoms with van der Waals surface area (Å²) in [6, 6.07) is 7.23. The van der Waals surface area contributed by atoms with E-state index in [4.69, 9.17) is 0 Å². The SMILES string of the molecule is O=C(O)c1c(C(=O)O)c(C(=O)O)c2c(-c3ccncc3)cccc2c1C(=O)O. The lowest BCUT2D eigenvalue weighted by atomic mass is 9.85. The van der Waals surface area contributed by atoms with Crippen molar-refractivity contribution in [2.24, 2.45) is 0 Å². The highest BCUT2D eigenvalue weighted by molar-refractivity contribution is 6.25. The minimum absolute atomic E-state index is 0.180. The van der Waals surface area contributed by atoms with E-state index in [-0.39, 0.29) is 16.3 Å². The second kappa shape index (κ2) is 6.80. The molecule has 1 aromatic heterocycles. The molecular weight excluding hydrogens is 370 g/mol. The lowest BCUT2D eigenvalue weighted by Crippen LogP contribution is -2.20. The van der Waals surface area contributed by atoms with Gasteiger partial charge in [-0.1, -0.05) is 18.2 Å². The molecule has 28 heavy (non-hydrogen) atoms. The van der Waals surface area contributed by atoms with Gasteiger partial charge in [-0.15, -0.1) is 0 Å². The average Bonchev–Trinajstić information content (AvgIpc) is 2.65. The minimum atomic E-state index is -1.86. The van der Waals surface area contributed by atoms with Gasteiger partial charge in [-0.2, -0.15) is 0 Å². The Kier molecular flexibility index (Phi) is 4.50. The quantitative estimate of drug-likeness (QED) is 0.520. The van der Waals surface area contributed by atoms with E-state index >= 15 is 0 Å². The molecular formula is C19H11NO8. The Balaban J connectivity index is 2.71. The van der Waals surface area contributed by atoms with Crippen molar-refractivity contribution in [1.29, 1.82) is 0 Å². The van der Waals surface area contributed by atoms with Crippen molar-refractivity contribution in [3.63, 3.8) is 0 Å². The van der Waals surface area contributed by atoms with Gasteiger partial charge < -0.3 is 20.4 Å². The van der Waals surface area contributed by atoms with E-state index < -0.39 is 46.1 Å². The third-order valence-corrected chi connectivity index (χ3v) is 4.18. The van der Waals surface area contributed by atoms with Crippen molar-refractivity contribution in [3.8, 4) is 11.1 Å². The Morgan fingerprint density at radius 1 is 0.643 bits per heavy atom. The Morgan fingerprint density at radius 3 is 1.64 bits per heavy atom. The van der Waals surface area contributed by atoms with Gasteiger partial charge in [0, 0.05) is 17.8 Å². The maximum atomic E-state index is 12.0. The van der Waals surface area contributed by atoms with Crippen LogP contribution in [-0.4, -0.2) is 49.3 Å². The summed E-state index contributed by atoms with van der Waals surface area (Å²) in [4.78, 5) is 51.1. The predicted molar refractivity (Wildman–Crippen MR) is 95.0 cm³/mol. The molecule has 3 rings (SSSR count). The summed E-state index contributed by atoms with van der Waals surface area (Å²) in [7, 11) is 0. The zero-order valence-electron chi connectivity index (χ0n) is 13.9. The van der Waals surface area contributed by atoms with Crippen LogP contribution in [0.5, 0.6) is 0 Å². The summed E-state index contributed by atoms with van der Waals surface area (Å²) in [5.74, 6) is -7.09. The highest BCUT2D eigenvalue weighted by Crippen LogP contribution is 2.37. The van der Waals surface area contributed by atoms with E-state index in [1.807, 2.05) is 0 Å². The molecule has 0 aliphatic rings. The Hall–Kier alpha value is -4.27. The van der Waals surface area contributed by atoms with Crippen LogP contribution in [0.15, 0.2) is 42.7 Å². The van der Waals surface area contributed by atoms with Gasteiger partial charge in [-0.3, -0.25) is 4.98 Å². The highest BCUT2D eigenvalue weighted by Gasteiger charge is 2.34. The molecule has 1 heterocycles. The largest absolute Gasteiger partial charge is 0.478 e. The number of pyridine rings is 1. The normalized spacial score (nSPS) is 10.6. The number of aromatic carboxylic acids is 4. The van der Waals surface area contributed by atoms with Gasteiger partial charge in [0.05, 0.1) is 22.3 Å². The number of fused-ring (bicyclic) bond motifs is 1. The van der Waals surface area contributed by atoms with Crippen LogP contribution in [0.25, 0.3) is 21.9 Å². The van der Waals surface area contributed by atoms with Crippen LogP contribution in [0, 0.1) is 0 Å². The van der Waals surface area contributed by atoms with Crippen LogP contribution in [0.4, 0.5) is 0 Å². The van der Waals surface area contributed by atoms with Crippen LogP contribution >= 0.6 is 0 Å². The number of benzene rings is 2. The Bertz CT molecular complexity index is 1170. The minimum Gasteiger partial charge on any atom is -0.478 e. The van der Waals surface area contributed by atoms with E-state index in [1.54, 1.807) is 0 Å². The molecule has 3 aromatic rings. The van der Waals surface area contributed by atoms with Crippen LogP contribution < -0.4 is 0 Å². The van der Waals surface area contributed by atoms with Crippen LogP contribution in [0.3, 0.4) is 0 Å². The Morgan fingerprint density at radius 2 is 1.14 bits per heavy atom. The number of hydrogen-bond acceptors (Lipinski definition) is 5. The first-order valence-electron chi connectivity index (χ1n) is 7.72. The fourth-order valence-electron chi connectivity index (χ4n) is 3.18. The summed E-state index contributed by atoms with van der Waals surface area (Å²) in [6.07, 6.45) is 2.85. The summed E-state index contributed by atoms with van der Waals surface area (Å²) in [5.41, 5.74) is -3.07. The van der Waals surface area contributed by atoms with Crippen LogP contribution in [-0.2, 0) is 0 Å². The number of hydrogen-bond donors (Lipinski definition) is 4. The molecule has 2 aromatic carbocycles. The molecule has 0 atom stereocenters.